The van der Waals surface area contributed by atoms with Crippen molar-refractivity contribution in [2.45, 2.75) is 30.7 Å². The Morgan fingerprint density at radius 2 is 1.72 bits per heavy atom. The first-order chi connectivity index (χ1) is 8.61. The SMILES string of the molecule is NCCOCCO[C@@H]1OC(CO)[C@H](O)C(O)[C@@H]1O. The zero-order valence-corrected chi connectivity index (χ0v) is 10.0. The molecule has 0 aromatic heterocycles. The highest BCUT2D eigenvalue weighted by Crippen LogP contribution is 2.21. The molecule has 0 bridgehead atoms. The highest BCUT2D eigenvalue weighted by atomic mass is 16.7. The molecule has 1 fully saturated rings. The van der Waals surface area contributed by atoms with Gasteiger partial charge in [-0.1, -0.05) is 0 Å². The van der Waals surface area contributed by atoms with Crippen LogP contribution in [0, 0.1) is 0 Å². The molecule has 1 aliphatic heterocycles. The molecule has 1 heterocycles. The predicted molar refractivity (Wildman–Crippen MR) is 59.6 cm³/mol. The number of nitrogens with two attached hydrogens (primary N) is 1. The maximum absolute atomic E-state index is 9.62. The van der Waals surface area contributed by atoms with Crippen LogP contribution in [0.1, 0.15) is 0 Å². The summed E-state index contributed by atoms with van der Waals surface area (Å²) in [7, 11) is 0. The highest BCUT2D eigenvalue weighted by Gasteiger charge is 2.43. The third kappa shape index (κ3) is 4.11. The molecule has 18 heavy (non-hydrogen) atoms. The molecular weight excluding hydrogens is 246 g/mol. The summed E-state index contributed by atoms with van der Waals surface area (Å²) in [5.41, 5.74) is 5.23. The molecule has 0 radical (unpaired) electrons. The van der Waals surface area contributed by atoms with E-state index in [9.17, 15) is 15.3 Å². The lowest BCUT2D eigenvalue weighted by molar-refractivity contribution is -0.302. The molecule has 0 saturated carbocycles. The molecule has 108 valence electrons. The fraction of sp³-hybridized carbons (Fsp3) is 1.00. The van der Waals surface area contributed by atoms with Crippen molar-refractivity contribution in [3.05, 3.63) is 0 Å². The van der Waals surface area contributed by atoms with Crippen LogP contribution in [0.4, 0.5) is 0 Å². The molecule has 2 unspecified atom stereocenters. The normalized spacial score (nSPS) is 36.8. The van der Waals surface area contributed by atoms with E-state index in [1.54, 1.807) is 0 Å². The number of rotatable bonds is 7. The smallest absolute Gasteiger partial charge is 0.186 e. The van der Waals surface area contributed by atoms with Crippen molar-refractivity contribution in [1.82, 2.24) is 0 Å². The van der Waals surface area contributed by atoms with Crippen LogP contribution < -0.4 is 5.73 Å². The third-order valence-corrected chi connectivity index (χ3v) is 2.62. The number of hydrogen-bond donors (Lipinski definition) is 5. The van der Waals surface area contributed by atoms with E-state index < -0.39 is 37.3 Å². The fourth-order valence-electron chi connectivity index (χ4n) is 1.61. The standard InChI is InChI=1S/C10H21NO7/c11-1-2-16-3-4-17-10-9(15)8(14)7(13)6(5-12)18-10/h6-10,12-15H,1-5,11H2/t6?,7-,8?,9-,10+/m0/s1. The van der Waals surface area contributed by atoms with Gasteiger partial charge in [-0.3, -0.25) is 0 Å². The van der Waals surface area contributed by atoms with Gasteiger partial charge in [0.05, 0.1) is 26.4 Å². The second-order valence-corrected chi connectivity index (χ2v) is 3.97. The van der Waals surface area contributed by atoms with Crippen LogP contribution in [0.15, 0.2) is 0 Å². The van der Waals surface area contributed by atoms with Gasteiger partial charge in [0.2, 0.25) is 0 Å². The fourth-order valence-corrected chi connectivity index (χ4v) is 1.61. The lowest BCUT2D eigenvalue weighted by Crippen LogP contribution is -2.59. The lowest BCUT2D eigenvalue weighted by atomic mass is 9.99. The van der Waals surface area contributed by atoms with Gasteiger partial charge in [-0.15, -0.1) is 0 Å². The molecule has 0 aromatic carbocycles. The Labute approximate surface area is 105 Å². The van der Waals surface area contributed by atoms with Gasteiger partial charge in [-0.05, 0) is 0 Å². The summed E-state index contributed by atoms with van der Waals surface area (Å²) >= 11 is 0. The maximum atomic E-state index is 9.62. The molecule has 8 nitrogen and oxygen atoms in total. The molecular formula is C10H21NO7. The van der Waals surface area contributed by atoms with Crippen LogP contribution in [-0.2, 0) is 14.2 Å². The van der Waals surface area contributed by atoms with Gasteiger partial charge >= 0.3 is 0 Å². The third-order valence-electron chi connectivity index (χ3n) is 2.62. The predicted octanol–water partition coefficient (Wildman–Crippen LogP) is -3.22. The van der Waals surface area contributed by atoms with Crippen molar-refractivity contribution < 1.29 is 34.6 Å². The van der Waals surface area contributed by atoms with E-state index in [1.165, 1.54) is 0 Å². The summed E-state index contributed by atoms with van der Waals surface area (Å²) < 4.78 is 15.4. The quantitative estimate of drug-likeness (QED) is 0.304. The molecule has 0 aliphatic carbocycles. The van der Waals surface area contributed by atoms with Crippen molar-refractivity contribution in [3.63, 3.8) is 0 Å². The van der Waals surface area contributed by atoms with Crippen LogP contribution in [0.25, 0.3) is 0 Å². The number of aliphatic hydroxyl groups excluding tert-OH is 4. The zero-order valence-electron chi connectivity index (χ0n) is 10.0. The second kappa shape index (κ2) is 7.97. The average molecular weight is 267 g/mol. The van der Waals surface area contributed by atoms with E-state index >= 15 is 0 Å². The average Bonchev–Trinajstić information content (AvgIpc) is 2.38. The second-order valence-electron chi connectivity index (χ2n) is 3.97. The van der Waals surface area contributed by atoms with Gasteiger partial charge < -0.3 is 40.4 Å². The Bertz CT molecular complexity index is 228. The summed E-state index contributed by atoms with van der Waals surface area (Å²) in [5, 5.41) is 37.6. The molecule has 0 aromatic rings. The van der Waals surface area contributed by atoms with Gasteiger partial charge in [-0.25, -0.2) is 0 Å². The molecule has 0 amide bonds. The van der Waals surface area contributed by atoms with Crippen LogP contribution in [0.3, 0.4) is 0 Å². The number of aliphatic hydroxyl groups is 4. The van der Waals surface area contributed by atoms with E-state index in [0.717, 1.165) is 0 Å². The van der Waals surface area contributed by atoms with Crippen LogP contribution >= 0.6 is 0 Å². The van der Waals surface area contributed by atoms with Crippen molar-refractivity contribution in [2.24, 2.45) is 5.73 Å². The minimum Gasteiger partial charge on any atom is -0.394 e. The minimum atomic E-state index is -1.43. The first kappa shape index (κ1) is 15.7. The zero-order chi connectivity index (χ0) is 13.5. The van der Waals surface area contributed by atoms with Crippen LogP contribution in [0.5, 0.6) is 0 Å². The molecule has 0 spiro atoms. The molecule has 1 aliphatic rings. The minimum absolute atomic E-state index is 0.142. The van der Waals surface area contributed by atoms with Gasteiger partial charge in [0.1, 0.15) is 24.4 Å². The maximum Gasteiger partial charge on any atom is 0.186 e. The van der Waals surface area contributed by atoms with E-state index in [0.29, 0.717) is 13.2 Å². The van der Waals surface area contributed by atoms with Gasteiger partial charge in [0.25, 0.3) is 0 Å². The molecule has 8 heteroatoms. The van der Waals surface area contributed by atoms with E-state index in [1.807, 2.05) is 0 Å². The van der Waals surface area contributed by atoms with Crippen LogP contribution in [0.2, 0.25) is 0 Å². The van der Waals surface area contributed by atoms with Crippen molar-refractivity contribution >= 4 is 0 Å². The van der Waals surface area contributed by atoms with E-state index in [4.69, 9.17) is 25.1 Å². The monoisotopic (exact) mass is 267 g/mol. The largest absolute Gasteiger partial charge is 0.394 e. The van der Waals surface area contributed by atoms with Crippen molar-refractivity contribution in [1.29, 1.82) is 0 Å². The molecule has 6 N–H and O–H groups in total. The summed E-state index contributed by atoms with van der Waals surface area (Å²) in [6, 6.07) is 0. The number of ether oxygens (including phenoxy) is 3. The van der Waals surface area contributed by atoms with Crippen molar-refractivity contribution in [3.8, 4) is 0 Å². The lowest BCUT2D eigenvalue weighted by Gasteiger charge is -2.39. The van der Waals surface area contributed by atoms with Crippen molar-refractivity contribution in [2.75, 3.05) is 33.0 Å². The first-order valence-corrected chi connectivity index (χ1v) is 5.81. The Balaban J connectivity index is 2.35. The summed E-state index contributed by atoms with van der Waals surface area (Å²) in [6.45, 7) is 0.738. The summed E-state index contributed by atoms with van der Waals surface area (Å²) in [5.74, 6) is 0. The molecule has 1 saturated heterocycles. The van der Waals surface area contributed by atoms with E-state index in [2.05, 4.69) is 0 Å². The summed E-state index contributed by atoms with van der Waals surface area (Å²) in [4.78, 5) is 0. The topological polar surface area (TPSA) is 135 Å². The Kier molecular flexibility index (Phi) is 6.97. The van der Waals surface area contributed by atoms with Gasteiger partial charge in [-0.2, -0.15) is 0 Å². The molecule has 1 rings (SSSR count). The summed E-state index contributed by atoms with van der Waals surface area (Å²) in [6.07, 6.45) is -6.25. The number of hydrogen-bond acceptors (Lipinski definition) is 8. The van der Waals surface area contributed by atoms with Gasteiger partial charge in [0, 0.05) is 6.54 Å². The highest BCUT2D eigenvalue weighted by molar-refractivity contribution is 4.88. The van der Waals surface area contributed by atoms with Crippen LogP contribution in [-0.4, -0.2) is 84.1 Å². The first-order valence-electron chi connectivity index (χ1n) is 5.81. The Morgan fingerprint density at radius 1 is 1.00 bits per heavy atom. The Hall–Kier alpha value is -0.320. The Morgan fingerprint density at radius 3 is 2.33 bits per heavy atom. The van der Waals surface area contributed by atoms with E-state index in [-0.39, 0.29) is 13.2 Å². The van der Waals surface area contributed by atoms with Gasteiger partial charge in [0.15, 0.2) is 6.29 Å². The molecule has 5 atom stereocenters.